The lowest BCUT2D eigenvalue weighted by Crippen LogP contribution is -2.54. The summed E-state index contributed by atoms with van der Waals surface area (Å²) in [6.07, 6.45) is 0.967. The maximum absolute atomic E-state index is 13.5. The van der Waals surface area contributed by atoms with Crippen LogP contribution in [0.5, 0.6) is 0 Å². The number of nitrogens with one attached hydrogen (secondary N) is 1. The molecule has 0 spiro atoms. The lowest BCUT2D eigenvalue weighted by molar-refractivity contribution is -0.140. The van der Waals surface area contributed by atoms with Gasteiger partial charge in [-0.15, -0.1) is 0 Å². The first kappa shape index (κ1) is 28.2. The van der Waals surface area contributed by atoms with E-state index in [-0.39, 0.29) is 28.2 Å². The molecule has 0 bridgehead atoms. The molecule has 0 aliphatic carbocycles. The van der Waals surface area contributed by atoms with Crippen LogP contribution in [-0.2, 0) is 26.2 Å². The average molecular weight is 549 g/mol. The summed E-state index contributed by atoms with van der Waals surface area (Å²) in [7, 11) is -3.92. The Labute approximate surface area is 216 Å². The van der Waals surface area contributed by atoms with E-state index in [4.69, 9.17) is 34.8 Å². The molecule has 11 heteroatoms. The van der Waals surface area contributed by atoms with Crippen LogP contribution in [0.2, 0.25) is 15.1 Å². The maximum atomic E-state index is 13.5. The first-order chi connectivity index (χ1) is 15.6. The molecule has 2 aromatic rings. The summed E-state index contributed by atoms with van der Waals surface area (Å²) in [5.41, 5.74) is 0.228. The number of sulfonamides is 1. The van der Waals surface area contributed by atoms with Gasteiger partial charge in [0, 0.05) is 17.1 Å². The molecule has 0 unspecified atom stereocenters. The van der Waals surface area contributed by atoms with Gasteiger partial charge in [-0.25, -0.2) is 8.42 Å². The minimum Gasteiger partial charge on any atom is -0.350 e. The second kappa shape index (κ2) is 11.2. The SMILES string of the molecule is C[C@@H](C(=O)NC(C)(C)C)N(Cc1cccc(Cl)c1)C(=O)CN(c1cccc(Cl)c1Cl)S(C)(=O)=O. The normalized spacial score (nSPS) is 12.7. The summed E-state index contributed by atoms with van der Waals surface area (Å²) in [6.45, 7) is 6.53. The number of amides is 2. The van der Waals surface area contributed by atoms with E-state index < -0.39 is 34.1 Å². The van der Waals surface area contributed by atoms with Gasteiger partial charge in [0.2, 0.25) is 21.8 Å². The van der Waals surface area contributed by atoms with Crippen LogP contribution in [0.15, 0.2) is 42.5 Å². The fraction of sp³-hybridized carbons (Fsp3) is 0.391. The Morgan fingerprint density at radius 2 is 1.68 bits per heavy atom. The third-order valence-electron chi connectivity index (χ3n) is 4.79. The van der Waals surface area contributed by atoms with Crippen molar-refractivity contribution >= 4 is 62.3 Å². The van der Waals surface area contributed by atoms with Gasteiger partial charge in [0.05, 0.1) is 22.0 Å². The van der Waals surface area contributed by atoms with Gasteiger partial charge < -0.3 is 10.2 Å². The Balaban J connectivity index is 2.45. The molecular weight excluding hydrogens is 521 g/mol. The van der Waals surface area contributed by atoms with Crippen molar-refractivity contribution in [3.8, 4) is 0 Å². The number of rotatable bonds is 8. The van der Waals surface area contributed by atoms with Crippen molar-refractivity contribution in [2.24, 2.45) is 0 Å². The topological polar surface area (TPSA) is 86.8 Å². The lowest BCUT2D eigenvalue weighted by atomic mass is 10.1. The van der Waals surface area contributed by atoms with Gasteiger partial charge in [0.1, 0.15) is 12.6 Å². The maximum Gasteiger partial charge on any atom is 0.244 e. The zero-order valence-electron chi connectivity index (χ0n) is 19.6. The molecule has 0 saturated heterocycles. The Morgan fingerprint density at radius 1 is 1.06 bits per heavy atom. The number of hydrogen-bond acceptors (Lipinski definition) is 4. The quantitative estimate of drug-likeness (QED) is 0.516. The van der Waals surface area contributed by atoms with Crippen LogP contribution in [0.1, 0.15) is 33.3 Å². The number of carbonyl (C=O) groups excluding carboxylic acids is 2. The highest BCUT2D eigenvalue weighted by molar-refractivity contribution is 7.92. The molecule has 0 aromatic heterocycles. The van der Waals surface area contributed by atoms with Crippen LogP contribution in [0, 0.1) is 0 Å². The first-order valence-corrected chi connectivity index (χ1v) is 13.4. The number of benzene rings is 2. The van der Waals surface area contributed by atoms with Crippen molar-refractivity contribution < 1.29 is 18.0 Å². The molecule has 0 aliphatic heterocycles. The summed E-state index contributed by atoms with van der Waals surface area (Å²) >= 11 is 18.4. The summed E-state index contributed by atoms with van der Waals surface area (Å²) < 4.78 is 26.1. The van der Waals surface area contributed by atoms with Crippen LogP contribution in [0.3, 0.4) is 0 Å². The fourth-order valence-corrected chi connectivity index (χ4v) is 4.68. The van der Waals surface area contributed by atoms with Crippen molar-refractivity contribution in [1.82, 2.24) is 10.2 Å². The standard InChI is InChI=1S/C23H28Cl3N3O4S/c1-15(22(31)27-23(2,3)4)28(13-16-8-6-9-17(24)12-16)20(30)14-29(34(5,32)33)19-11-7-10-18(25)21(19)26/h6-12,15H,13-14H2,1-5H3,(H,27,31)/t15-/m0/s1. The van der Waals surface area contributed by atoms with Crippen molar-refractivity contribution in [1.29, 1.82) is 0 Å². The van der Waals surface area contributed by atoms with Gasteiger partial charge in [-0.3, -0.25) is 13.9 Å². The second-order valence-electron chi connectivity index (χ2n) is 8.91. The lowest BCUT2D eigenvalue weighted by Gasteiger charge is -2.33. The van der Waals surface area contributed by atoms with Gasteiger partial charge >= 0.3 is 0 Å². The van der Waals surface area contributed by atoms with Gasteiger partial charge in [-0.05, 0) is 57.5 Å². The minimum absolute atomic E-state index is 0.00214. The smallest absolute Gasteiger partial charge is 0.244 e. The van der Waals surface area contributed by atoms with E-state index in [1.807, 2.05) is 20.8 Å². The van der Waals surface area contributed by atoms with E-state index in [2.05, 4.69) is 5.32 Å². The molecule has 34 heavy (non-hydrogen) atoms. The number of anilines is 1. The van der Waals surface area contributed by atoms with E-state index >= 15 is 0 Å². The minimum atomic E-state index is -3.92. The average Bonchev–Trinajstić information content (AvgIpc) is 2.70. The highest BCUT2D eigenvalue weighted by Gasteiger charge is 2.32. The van der Waals surface area contributed by atoms with Crippen LogP contribution in [-0.4, -0.2) is 49.5 Å². The van der Waals surface area contributed by atoms with Crippen LogP contribution >= 0.6 is 34.8 Å². The second-order valence-corrected chi connectivity index (χ2v) is 12.0. The Kier molecular flexibility index (Phi) is 9.27. The molecule has 2 aromatic carbocycles. The molecule has 0 fully saturated rings. The number of hydrogen-bond donors (Lipinski definition) is 1. The predicted octanol–water partition coefficient (Wildman–Crippen LogP) is 4.74. The Morgan fingerprint density at radius 3 is 2.24 bits per heavy atom. The van der Waals surface area contributed by atoms with Crippen molar-refractivity contribution in [3.63, 3.8) is 0 Å². The van der Waals surface area contributed by atoms with E-state index in [1.165, 1.54) is 23.1 Å². The molecule has 2 rings (SSSR count). The number of halogens is 3. The number of carbonyl (C=O) groups is 2. The zero-order chi connectivity index (χ0) is 25.8. The van der Waals surface area contributed by atoms with Gasteiger partial charge in [-0.1, -0.05) is 53.0 Å². The largest absolute Gasteiger partial charge is 0.350 e. The molecule has 0 heterocycles. The van der Waals surface area contributed by atoms with Crippen LogP contribution in [0.25, 0.3) is 0 Å². The molecule has 1 atom stereocenters. The molecule has 0 radical (unpaired) electrons. The van der Waals surface area contributed by atoms with Crippen molar-refractivity contribution in [2.45, 2.75) is 45.8 Å². The van der Waals surface area contributed by atoms with Gasteiger partial charge in [-0.2, -0.15) is 0 Å². The number of nitrogens with zero attached hydrogens (tertiary/aromatic N) is 2. The van der Waals surface area contributed by atoms with Gasteiger partial charge in [0.25, 0.3) is 0 Å². The van der Waals surface area contributed by atoms with Crippen LogP contribution < -0.4 is 9.62 Å². The van der Waals surface area contributed by atoms with Crippen molar-refractivity contribution in [3.05, 3.63) is 63.1 Å². The first-order valence-electron chi connectivity index (χ1n) is 10.4. The molecule has 0 aliphatic rings. The van der Waals surface area contributed by atoms with E-state index in [0.717, 1.165) is 10.6 Å². The summed E-state index contributed by atoms with van der Waals surface area (Å²) in [6, 6.07) is 10.5. The molecule has 0 saturated carbocycles. The van der Waals surface area contributed by atoms with E-state index in [0.29, 0.717) is 10.6 Å². The van der Waals surface area contributed by atoms with E-state index in [9.17, 15) is 18.0 Å². The molecular formula is C23H28Cl3N3O4S. The molecule has 1 N–H and O–H groups in total. The summed E-state index contributed by atoms with van der Waals surface area (Å²) in [5.74, 6) is -0.979. The third kappa shape index (κ3) is 7.77. The summed E-state index contributed by atoms with van der Waals surface area (Å²) in [5, 5.41) is 3.48. The fourth-order valence-electron chi connectivity index (χ4n) is 3.17. The molecule has 186 valence electrons. The predicted molar refractivity (Wildman–Crippen MR) is 138 cm³/mol. The van der Waals surface area contributed by atoms with E-state index in [1.54, 1.807) is 31.2 Å². The highest BCUT2D eigenvalue weighted by atomic mass is 35.5. The monoisotopic (exact) mass is 547 g/mol. The Bertz CT molecular complexity index is 1170. The highest BCUT2D eigenvalue weighted by Crippen LogP contribution is 2.33. The zero-order valence-corrected chi connectivity index (χ0v) is 22.7. The van der Waals surface area contributed by atoms with Crippen molar-refractivity contribution in [2.75, 3.05) is 17.1 Å². The molecule has 2 amide bonds. The molecule has 7 nitrogen and oxygen atoms in total. The van der Waals surface area contributed by atoms with Crippen LogP contribution in [0.4, 0.5) is 5.69 Å². The summed E-state index contributed by atoms with van der Waals surface area (Å²) in [4.78, 5) is 27.7. The third-order valence-corrected chi connectivity index (χ3v) is 6.96. The Hall–Kier alpha value is -2.00. The van der Waals surface area contributed by atoms with Gasteiger partial charge in [0.15, 0.2) is 0 Å².